The van der Waals surface area contributed by atoms with Crippen molar-refractivity contribution < 1.29 is 9.53 Å². The first kappa shape index (κ1) is 19.1. The average molecular weight is 439 g/mol. The highest BCUT2D eigenvalue weighted by molar-refractivity contribution is 9.10. The number of hydrogen-bond acceptors (Lipinski definition) is 7. The van der Waals surface area contributed by atoms with Crippen LogP contribution in [0.5, 0.6) is 5.75 Å². The zero-order chi connectivity index (χ0) is 20.1. The van der Waals surface area contributed by atoms with Crippen LogP contribution in [0.4, 0.5) is 17.5 Å². The molecular formula is C19H15BrN6O2. The highest BCUT2D eigenvalue weighted by atomic mass is 79.9. The minimum atomic E-state index is -0.331. The van der Waals surface area contributed by atoms with Crippen LogP contribution in [0.25, 0.3) is 11.3 Å². The third-order valence-corrected chi connectivity index (χ3v) is 4.17. The number of carbonyl (C=O) groups excluding carboxylic acids is 1. The van der Waals surface area contributed by atoms with Crippen LogP contribution in [0.15, 0.2) is 53.0 Å². The van der Waals surface area contributed by atoms with Gasteiger partial charge in [-0.2, -0.15) is 10.2 Å². The highest BCUT2D eigenvalue weighted by Crippen LogP contribution is 2.35. The molecule has 9 heteroatoms. The Hall–Kier alpha value is -3.64. The largest absolute Gasteiger partial charge is 0.483 e. The summed E-state index contributed by atoms with van der Waals surface area (Å²) in [4.78, 5) is 20.1. The van der Waals surface area contributed by atoms with Gasteiger partial charge in [-0.3, -0.25) is 4.79 Å². The molecule has 0 bridgehead atoms. The molecule has 0 saturated carbocycles. The Morgan fingerprint density at radius 3 is 2.64 bits per heavy atom. The van der Waals surface area contributed by atoms with E-state index in [-0.39, 0.29) is 35.5 Å². The van der Waals surface area contributed by atoms with Crippen molar-refractivity contribution in [3.8, 4) is 23.1 Å². The van der Waals surface area contributed by atoms with Crippen LogP contribution in [0.2, 0.25) is 0 Å². The van der Waals surface area contributed by atoms with E-state index in [2.05, 4.69) is 31.2 Å². The van der Waals surface area contributed by atoms with Crippen molar-refractivity contribution in [3.05, 3.63) is 58.6 Å². The third kappa shape index (κ3) is 4.36. The predicted molar refractivity (Wildman–Crippen MR) is 109 cm³/mol. The smallest absolute Gasteiger partial charge is 0.262 e. The van der Waals surface area contributed by atoms with E-state index < -0.39 is 0 Å². The van der Waals surface area contributed by atoms with E-state index in [1.807, 2.05) is 24.3 Å². The number of aromatic nitrogens is 2. The second-order valence-electron chi connectivity index (χ2n) is 5.65. The fourth-order valence-corrected chi connectivity index (χ4v) is 2.84. The molecule has 0 aliphatic rings. The fourth-order valence-electron chi connectivity index (χ4n) is 2.48. The molecule has 5 N–H and O–H groups in total. The molecule has 8 nitrogen and oxygen atoms in total. The molecule has 1 aromatic heterocycles. The Bertz CT molecular complexity index is 1070. The zero-order valence-electron chi connectivity index (χ0n) is 14.5. The van der Waals surface area contributed by atoms with Gasteiger partial charge < -0.3 is 21.5 Å². The lowest BCUT2D eigenvalue weighted by Gasteiger charge is -2.13. The second kappa shape index (κ2) is 8.37. The quantitative estimate of drug-likeness (QED) is 0.555. The Kier molecular flexibility index (Phi) is 5.72. The molecule has 0 saturated heterocycles. The van der Waals surface area contributed by atoms with Gasteiger partial charge in [0.1, 0.15) is 23.2 Å². The summed E-state index contributed by atoms with van der Waals surface area (Å²) in [5.74, 6) is -0.0836. The minimum Gasteiger partial charge on any atom is -0.483 e. The van der Waals surface area contributed by atoms with Crippen LogP contribution in [0.3, 0.4) is 0 Å². The molecule has 0 radical (unpaired) electrons. The van der Waals surface area contributed by atoms with Crippen molar-refractivity contribution in [2.45, 2.75) is 0 Å². The lowest BCUT2D eigenvalue weighted by Crippen LogP contribution is -2.20. The first-order chi connectivity index (χ1) is 13.5. The minimum absolute atomic E-state index is 0.0299. The van der Waals surface area contributed by atoms with Crippen LogP contribution >= 0.6 is 15.9 Å². The summed E-state index contributed by atoms with van der Waals surface area (Å²) in [7, 11) is 0. The molecule has 0 aliphatic heterocycles. The number of carbonyl (C=O) groups is 1. The molecule has 0 spiro atoms. The summed E-state index contributed by atoms with van der Waals surface area (Å²) in [5, 5.41) is 12.2. The molecule has 2 aromatic carbocycles. The zero-order valence-corrected chi connectivity index (χ0v) is 16.1. The summed E-state index contributed by atoms with van der Waals surface area (Å²) < 4.78 is 6.40. The van der Waals surface area contributed by atoms with Crippen LogP contribution < -0.4 is 21.5 Å². The maximum Gasteiger partial charge on any atom is 0.262 e. The number of nitrogens with zero attached hydrogens (tertiary/aromatic N) is 3. The SMILES string of the molecule is N#Cc1c(N)nc(N)nc1-c1cc(Br)ccc1OCC(=O)Nc1ccccc1. The van der Waals surface area contributed by atoms with Gasteiger partial charge in [0.15, 0.2) is 6.61 Å². The number of anilines is 3. The number of rotatable bonds is 5. The molecular weight excluding hydrogens is 424 g/mol. The number of hydrogen-bond donors (Lipinski definition) is 3. The Morgan fingerprint density at radius 1 is 1.18 bits per heavy atom. The van der Waals surface area contributed by atoms with Gasteiger partial charge in [0, 0.05) is 15.7 Å². The summed E-state index contributed by atoms with van der Waals surface area (Å²) in [6.45, 7) is -0.235. The number of nitrogens with two attached hydrogens (primary N) is 2. The molecule has 28 heavy (non-hydrogen) atoms. The predicted octanol–water partition coefficient (Wildman–Crippen LogP) is 2.96. The van der Waals surface area contributed by atoms with Crippen molar-refractivity contribution in [1.82, 2.24) is 9.97 Å². The lowest BCUT2D eigenvalue weighted by atomic mass is 10.1. The number of nitrogens with one attached hydrogen (secondary N) is 1. The van der Waals surface area contributed by atoms with Gasteiger partial charge in [0.25, 0.3) is 5.91 Å². The summed E-state index contributed by atoms with van der Waals surface area (Å²) in [5.41, 5.74) is 12.9. The van der Waals surface area contributed by atoms with E-state index >= 15 is 0 Å². The third-order valence-electron chi connectivity index (χ3n) is 3.68. The first-order valence-electron chi connectivity index (χ1n) is 8.08. The van der Waals surface area contributed by atoms with Gasteiger partial charge in [-0.25, -0.2) is 4.98 Å². The number of benzene rings is 2. The number of ether oxygens (including phenoxy) is 1. The van der Waals surface area contributed by atoms with Crippen molar-refractivity contribution in [2.75, 3.05) is 23.4 Å². The molecule has 0 aliphatic carbocycles. The number of nitriles is 1. The summed E-state index contributed by atoms with van der Waals surface area (Å²) in [6.07, 6.45) is 0. The number of halogens is 1. The number of para-hydroxylation sites is 1. The van der Waals surface area contributed by atoms with Crippen LogP contribution in [-0.2, 0) is 4.79 Å². The summed E-state index contributed by atoms with van der Waals surface area (Å²) in [6, 6.07) is 16.1. The topological polar surface area (TPSA) is 140 Å². The summed E-state index contributed by atoms with van der Waals surface area (Å²) >= 11 is 3.38. The first-order valence-corrected chi connectivity index (χ1v) is 8.88. The number of amides is 1. The van der Waals surface area contributed by atoms with E-state index in [0.717, 1.165) is 4.47 Å². The fraction of sp³-hybridized carbons (Fsp3) is 0.0526. The molecule has 140 valence electrons. The van der Waals surface area contributed by atoms with Crippen LogP contribution in [0.1, 0.15) is 5.56 Å². The van der Waals surface area contributed by atoms with Crippen molar-refractivity contribution in [1.29, 1.82) is 5.26 Å². The molecule has 0 atom stereocenters. The monoisotopic (exact) mass is 438 g/mol. The molecule has 3 rings (SSSR count). The normalized spacial score (nSPS) is 10.1. The van der Waals surface area contributed by atoms with Gasteiger partial charge in [0.05, 0.1) is 5.69 Å². The molecule has 1 amide bonds. The maximum atomic E-state index is 12.2. The molecule has 3 aromatic rings. The van der Waals surface area contributed by atoms with E-state index in [1.165, 1.54) is 0 Å². The standard InChI is InChI=1S/C19H15BrN6O2/c20-11-6-7-15(28-10-16(27)24-12-4-2-1-3-5-12)13(8-11)17-14(9-21)18(22)26-19(23)25-17/h1-8H,10H2,(H,24,27)(H4,22,23,25,26). The molecule has 0 unspecified atom stereocenters. The van der Waals surface area contributed by atoms with Crippen molar-refractivity contribution in [2.24, 2.45) is 0 Å². The van der Waals surface area contributed by atoms with Gasteiger partial charge in [0.2, 0.25) is 5.95 Å². The van der Waals surface area contributed by atoms with E-state index in [1.54, 1.807) is 30.3 Å². The molecule has 1 heterocycles. The van der Waals surface area contributed by atoms with Crippen LogP contribution in [0, 0.1) is 11.3 Å². The van der Waals surface area contributed by atoms with Crippen molar-refractivity contribution >= 4 is 39.3 Å². The molecule has 0 fully saturated rings. The van der Waals surface area contributed by atoms with Crippen LogP contribution in [-0.4, -0.2) is 22.5 Å². The van der Waals surface area contributed by atoms with E-state index in [0.29, 0.717) is 17.0 Å². The van der Waals surface area contributed by atoms with Gasteiger partial charge in [-0.15, -0.1) is 0 Å². The van der Waals surface area contributed by atoms with E-state index in [4.69, 9.17) is 16.2 Å². The number of nitrogen functional groups attached to an aromatic ring is 2. The van der Waals surface area contributed by atoms with Gasteiger partial charge in [-0.1, -0.05) is 34.1 Å². The Balaban J connectivity index is 1.88. The Labute approximate surface area is 169 Å². The highest BCUT2D eigenvalue weighted by Gasteiger charge is 2.18. The Morgan fingerprint density at radius 2 is 1.93 bits per heavy atom. The van der Waals surface area contributed by atoms with E-state index in [9.17, 15) is 10.1 Å². The van der Waals surface area contributed by atoms with Gasteiger partial charge >= 0.3 is 0 Å². The average Bonchev–Trinajstić information content (AvgIpc) is 2.67. The van der Waals surface area contributed by atoms with Crippen molar-refractivity contribution in [3.63, 3.8) is 0 Å². The lowest BCUT2D eigenvalue weighted by molar-refractivity contribution is -0.118. The second-order valence-corrected chi connectivity index (χ2v) is 6.56. The maximum absolute atomic E-state index is 12.2. The van der Waals surface area contributed by atoms with Gasteiger partial charge in [-0.05, 0) is 30.3 Å².